The molecule has 4 aromatic rings. The number of para-hydroxylation sites is 2. The smallest absolute Gasteiger partial charge is 0.261 e. The monoisotopic (exact) mass is 467 g/mol. The molecule has 8 nitrogen and oxygen atoms in total. The minimum atomic E-state index is -0.830. The first-order valence-electron chi connectivity index (χ1n) is 9.89. The molecule has 2 aromatic carbocycles. The van der Waals surface area contributed by atoms with Gasteiger partial charge in [-0.05, 0) is 23.8 Å². The SMILES string of the molecule is CC(=O)NC(Cc1c[nH]c2ccccc12)C(=O)NNC(=O)CSc1nc2ccccc2s1. The van der Waals surface area contributed by atoms with Crippen molar-refractivity contribution in [3.05, 3.63) is 60.3 Å². The van der Waals surface area contributed by atoms with Gasteiger partial charge in [-0.15, -0.1) is 11.3 Å². The predicted molar refractivity (Wildman–Crippen MR) is 126 cm³/mol. The van der Waals surface area contributed by atoms with E-state index >= 15 is 0 Å². The van der Waals surface area contributed by atoms with Crippen LogP contribution >= 0.6 is 23.1 Å². The molecule has 1 atom stereocenters. The fourth-order valence-electron chi connectivity index (χ4n) is 3.27. The molecule has 0 saturated carbocycles. The molecule has 164 valence electrons. The molecule has 0 aliphatic rings. The Morgan fingerprint density at radius 2 is 1.88 bits per heavy atom. The van der Waals surface area contributed by atoms with Crippen LogP contribution in [0.4, 0.5) is 0 Å². The van der Waals surface area contributed by atoms with E-state index in [2.05, 4.69) is 26.1 Å². The molecule has 4 rings (SSSR count). The quantitative estimate of drug-likeness (QED) is 0.246. The molecule has 10 heteroatoms. The molecule has 0 bridgehead atoms. The molecule has 0 radical (unpaired) electrons. The number of benzene rings is 2. The van der Waals surface area contributed by atoms with Crippen molar-refractivity contribution >= 4 is 61.9 Å². The third-order valence-electron chi connectivity index (χ3n) is 4.72. The second-order valence-electron chi connectivity index (χ2n) is 7.09. The zero-order valence-electron chi connectivity index (χ0n) is 17.2. The maximum absolute atomic E-state index is 12.7. The van der Waals surface area contributed by atoms with E-state index in [4.69, 9.17) is 0 Å². The average Bonchev–Trinajstić information content (AvgIpc) is 3.39. The number of H-pyrrole nitrogens is 1. The van der Waals surface area contributed by atoms with Crippen LogP contribution in [0, 0.1) is 0 Å². The van der Waals surface area contributed by atoms with Crippen LogP contribution in [0.1, 0.15) is 12.5 Å². The number of thiazole rings is 1. The third-order valence-corrected chi connectivity index (χ3v) is 6.90. The third kappa shape index (κ3) is 5.27. The first-order chi connectivity index (χ1) is 15.5. The Labute approximate surface area is 192 Å². The summed E-state index contributed by atoms with van der Waals surface area (Å²) >= 11 is 2.81. The Hall–Kier alpha value is -3.37. The molecule has 32 heavy (non-hydrogen) atoms. The molecule has 0 aliphatic carbocycles. The van der Waals surface area contributed by atoms with Gasteiger partial charge in [-0.3, -0.25) is 25.2 Å². The van der Waals surface area contributed by atoms with E-state index in [1.165, 1.54) is 30.0 Å². The molecule has 2 aromatic heterocycles. The summed E-state index contributed by atoms with van der Waals surface area (Å²) in [5, 5.41) is 3.63. The van der Waals surface area contributed by atoms with Gasteiger partial charge in [0.05, 0.1) is 16.0 Å². The number of hydrogen-bond donors (Lipinski definition) is 4. The van der Waals surface area contributed by atoms with E-state index in [1.54, 1.807) is 0 Å². The highest BCUT2D eigenvalue weighted by atomic mass is 32.2. The Balaban J connectivity index is 1.33. The van der Waals surface area contributed by atoms with Crippen molar-refractivity contribution in [2.24, 2.45) is 0 Å². The van der Waals surface area contributed by atoms with E-state index in [0.717, 1.165) is 31.0 Å². The Morgan fingerprint density at radius 1 is 1.09 bits per heavy atom. The minimum Gasteiger partial charge on any atom is -0.361 e. The van der Waals surface area contributed by atoms with Crippen molar-refractivity contribution in [3.8, 4) is 0 Å². The van der Waals surface area contributed by atoms with Crippen LogP contribution in [0.25, 0.3) is 21.1 Å². The summed E-state index contributed by atoms with van der Waals surface area (Å²) in [6, 6.07) is 14.7. The van der Waals surface area contributed by atoms with Crippen molar-refractivity contribution in [1.29, 1.82) is 0 Å². The molecule has 0 aliphatic heterocycles. The zero-order valence-corrected chi connectivity index (χ0v) is 18.8. The number of hydrazine groups is 1. The van der Waals surface area contributed by atoms with Crippen LogP contribution < -0.4 is 16.2 Å². The topological polar surface area (TPSA) is 116 Å². The van der Waals surface area contributed by atoms with Crippen molar-refractivity contribution < 1.29 is 14.4 Å². The Bertz CT molecular complexity index is 1250. The molecule has 0 fully saturated rings. The van der Waals surface area contributed by atoms with Crippen LogP contribution in [0.15, 0.2) is 59.1 Å². The number of fused-ring (bicyclic) bond motifs is 2. The van der Waals surface area contributed by atoms with Gasteiger partial charge < -0.3 is 10.3 Å². The van der Waals surface area contributed by atoms with Gasteiger partial charge in [0.25, 0.3) is 5.91 Å². The number of aromatic nitrogens is 2. The van der Waals surface area contributed by atoms with Crippen LogP contribution in [0.2, 0.25) is 0 Å². The van der Waals surface area contributed by atoms with E-state index in [9.17, 15) is 14.4 Å². The lowest BCUT2D eigenvalue weighted by Crippen LogP contribution is -2.53. The van der Waals surface area contributed by atoms with Gasteiger partial charge in [-0.1, -0.05) is 42.1 Å². The molecular formula is C22H21N5O3S2. The summed E-state index contributed by atoms with van der Waals surface area (Å²) < 4.78 is 1.84. The second-order valence-corrected chi connectivity index (χ2v) is 9.34. The highest BCUT2D eigenvalue weighted by Gasteiger charge is 2.22. The highest BCUT2D eigenvalue weighted by Crippen LogP contribution is 2.29. The Kier molecular flexibility index (Phi) is 6.72. The maximum Gasteiger partial charge on any atom is 0.261 e. The lowest BCUT2D eigenvalue weighted by Gasteiger charge is -2.17. The van der Waals surface area contributed by atoms with Gasteiger partial charge in [0.1, 0.15) is 6.04 Å². The average molecular weight is 468 g/mol. The highest BCUT2D eigenvalue weighted by molar-refractivity contribution is 8.01. The van der Waals surface area contributed by atoms with E-state index in [-0.39, 0.29) is 24.0 Å². The molecule has 4 N–H and O–H groups in total. The number of nitrogens with one attached hydrogen (secondary N) is 4. The lowest BCUT2D eigenvalue weighted by atomic mass is 10.0. The van der Waals surface area contributed by atoms with Crippen molar-refractivity contribution in [2.75, 3.05) is 5.75 Å². The number of nitrogens with zero attached hydrogens (tertiary/aromatic N) is 1. The Morgan fingerprint density at radius 3 is 2.69 bits per heavy atom. The molecular weight excluding hydrogens is 446 g/mol. The number of carbonyl (C=O) groups is 3. The van der Waals surface area contributed by atoms with Crippen LogP contribution in [0.3, 0.4) is 0 Å². The number of hydrogen-bond acceptors (Lipinski definition) is 6. The number of rotatable bonds is 7. The predicted octanol–water partition coefficient (Wildman–Crippen LogP) is 2.76. The molecule has 0 spiro atoms. The summed E-state index contributed by atoms with van der Waals surface area (Å²) in [5.41, 5.74) is 7.57. The van der Waals surface area contributed by atoms with Crippen LogP contribution in [-0.4, -0.2) is 39.5 Å². The van der Waals surface area contributed by atoms with Gasteiger partial charge in [0, 0.05) is 30.4 Å². The van der Waals surface area contributed by atoms with E-state index in [1.807, 2.05) is 54.7 Å². The second kappa shape index (κ2) is 9.84. The van der Waals surface area contributed by atoms with Gasteiger partial charge in [0.15, 0.2) is 4.34 Å². The summed E-state index contributed by atoms with van der Waals surface area (Å²) in [4.78, 5) is 44.1. The summed E-state index contributed by atoms with van der Waals surface area (Å²) in [6.45, 7) is 1.35. The fourth-order valence-corrected chi connectivity index (χ4v) is 5.14. The summed E-state index contributed by atoms with van der Waals surface area (Å²) in [7, 11) is 0. The van der Waals surface area contributed by atoms with Crippen molar-refractivity contribution in [1.82, 2.24) is 26.1 Å². The minimum absolute atomic E-state index is 0.105. The van der Waals surface area contributed by atoms with E-state index in [0.29, 0.717) is 0 Å². The number of carbonyl (C=O) groups excluding carboxylic acids is 3. The van der Waals surface area contributed by atoms with Crippen molar-refractivity contribution in [2.45, 2.75) is 23.7 Å². The molecule has 0 saturated heterocycles. The van der Waals surface area contributed by atoms with Gasteiger partial charge >= 0.3 is 0 Å². The van der Waals surface area contributed by atoms with Crippen LogP contribution in [-0.2, 0) is 20.8 Å². The number of amides is 3. The van der Waals surface area contributed by atoms with Crippen LogP contribution in [0.5, 0.6) is 0 Å². The van der Waals surface area contributed by atoms with Crippen molar-refractivity contribution in [3.63, 3.8) is 0 Å². The number of thioether (sulfide) groups is 1. The fraction of sp³-hybridized carbons (Fsp3) is 0.182. The normalized spacial score (nSPS) is 11.9. The van der Waals surface area contributed by atoms with Gasteiger partial charge in [-0.2, -0.15) is 0 Å². The van der Waals surface area contributed by atoms with Gasteiger partial charge in [0.2, 0.25) is 11.8 Å². The molecule has 1 unspecified atom stereocenters. The number of aromatic amines is 1. The first kappa shape index (κ1) is 21.8. The summed E-state index contributed by atoms with van der Waals surface area (Å²) in [5.74, 6) is -1.09. The summed E-state index contributed by atoms with van der Waals surface area (Å²) in [6.07, 6.45) is 2.10. The van der Waals surface area contributed by atoms with Gasteiger partial charge in [-0.25, -0.2) is 4.98 Å². The first-order valence-corrected chi connectivity index (χ1v) is 11.7. The standard InChI is InChI=1S/C22H21N5O3S2/c1-13(28)24-18(10-14-11-23-16-7-3-2-6-15(14)16)21(30)27-26-20(29)12-31-22-25-17-8-4-5-9-19(17)32-22/h2-9,11,18,23H,10,12H2,1H3,(H,24,28)(H,26,29)(H,27,30). The molecule has 3 amide bonds. The largest absolute Gasteiger partial charge is 0.361 e. The maximum atomic E-state index is 12.7. The molecule has 2 heterocycles. The lowest BCUT2D eigenvalue weighted by molar-refractivity contribution is -0.131. The zero-order chi connectivity index (χ0) is 22.5. The van der Waals surface area contributed by atoms with E-state index < -0.39 is 11.9 Å².